The number of thioether (sulfide) groups is 1. The molecule has 0 atom stereocenters. The van der Waals surface area contributed by atoms with Gasteiger partial charge in [-0.05, 0) is 37.8 Å². The Morgan fingerprint density at radius 3 is 2.41 bits per heavy atom. The van der Waals surface area contributed by atoms with Gasteiger partial charge < -0.3 is 4.74 Å². The Balaban J connectivity index is 2.57. The minimum absolute atomic E-state index is 0.252. The molecule has 0 fully saturated rings. The molecule has 0 radical (unpaired) electrons. The van der Waals surface area contributed by atoms with Crippen LogP contribution in [0.5, 0.6) is 0 Å². The van der Waals surface area contributed by atoms with Gasteiger partial charge in [-0.1, -0.05) is 12.1 Å². The minimum Gasteiger partial charge on any atom is -0.468 e. The van der Waals surface area contributed by atoms with E-state index in [-0.39, 0.29) is 5.97 Å². The maximum absolute atomic E-state index is 11.5. The highest BCUT2D eigenvalue weighted by Crippen LogP contribution is 2.15. The standard InChI is InChI=1S/C13H19NO2S/c1-13(2,12(15)16-3)14-9-10-5-7-11(17-4)8-6-10/h5-8,14H,9H2,1-4H3. The van der Waals surface area contributed by atoms with E-state index in [1.807, 2.05) is 20.1 Å². The Morgan fingerprint density at radius 1 is 1.35 bits per heavy atom. The lowest BCUT2D eigenvalue weighted by Crippen LogP contribution is -2.46. The van der Waals surface area contributed by atoms with Gasteiger partial charge in [0.15, 0.2) is 0 Å². The number of ether oxygens (including phenoxy) is 1. The van der Waals surface area contributed by atoms with Crippen molar-refractivity contribution in [2.24, 2.45) is 0 Å². The van der Waals surface area contributed by atoms with Gasteiger partial charge in [0.05, 0.1) is 7.11 Å². The van der Waals surface area contributed by atoms with Crippen LogP contribution in [0.25, 0.3) is 0 Å². The SMILES string of the molecule is COC(=O)C(C)(C)NCc1ccc(SC)cc1. The lowest BCUT2D eigenvalue weighted by Gasteiger charge is -2.23. The summed E-state index contributed by atoms with van der Waals surface area (Å²) >= 11 is 1.72. The van der Waals surface area contributed by atoms with Crippen molar-refractivity contribution in [3.63, 3.8) is 0 Å². The van der Waals surface area contributed by atoms with Crippen molar-refractivity contribution in [2.45, 2.75) is 30.8 Å². The molecule has 0 amide bonds. The number of nitrogens with one attached hydrogen (secondary N) is 1. The van der Waals surface area contributed by atoms with Crippen molar-refractivity contribution in [2.75, 3.05) is 13.4 Å². The molecular weight excluding hydrogens is 234 g/mol. The fourth-order valence-corrected chi connectivity index (χ4v) is 1.80. The lowest BCUT2D eigenvalue weighted by molar-refractivity contribution is -0.147. The van der Waals surface area contributed by atoms with Gasteiger partial charge in [0, 0.05) is 11.4 Å². The Bertz CT molecular complexity index is 374. The zero-order chi connectivity index (χ0) is 12.9. The summed E-state index contributed by atoms with van der Waals surface area (Å²) in [5.41, 5.74) is 0.493. The van der Waals surface area contributed by atoms with Crippen LogP contribution in [0, 0.1) is 0 Å². The highest BCUT2D eigenvalue weighted by Gasteiger charge is 2.27. The third-order valence-corrected chi connectivity index (χ3v) is 3.33. The quantitative estimate of drug-likeness (QED) is 0.646. The third-order valence-electron chi connectivity index (χ3n) is 2.59. The molecule has 1 aromatic rings. The molecule has 1 aromatic carbocycles. The van der Waals surface area contributed by atoms with Gasteiger partial charge in [0.2, 0.25) is 0 Å². The number of benzene rings is 1. The molecule has 0 aliphatic heterocycles. The molecular formula is C13H19NO2S. The first-order valence-electron chi connectivity index (χ1n) is 5.46. The fraction of sp³-hybridized carbons (Fsp3) is 0.462. The van der Waals surface area contributed by atoms with Gasteiger partial charge in [-0.3, -0.25) is 10.1 Å². The van der Waals surface area contributed by atoms with Gasteiger partial charge >= 0.3 is 5.97 Å². The molecule has 0 unspecified atom stereocenters. The van der Waals surface area contributed by atoms with Crippen molar-refractivity contribution in [3.05, 3.63) is 29.8 Å². The zero-order valence-corrected chi connectivity index (χ0v) is 11.6. The highest BCUT2D eigenvalue weighted by molar-refractivity contribution is 7.98. The topological polar surface area (TPSA) is 38.3 Å². The van der Waals surface area contributed by atoms with E-state index >= 15 is 0 Å². The molecule has 0 saturated heterocycles. The average Bonchev–Trinajstić information content (AvgIpc) is 2.36. The van der Waals surface area contributed by atoms with Crippen LogP contribution in [0.1, 0.15) is 19.4 Å². The third kappa shape index (κ3) is 4.06. The summed E-state index contributed by atoms with van der Waals surface area (Å²) in [5, 5.41) is 3.18. The first kappa shape index (κ1) is 14.1. The van der Waals surface area contributed by atoms with Crippen LogP contribution >= 0.6 is 11.8 Å². The van der Waals surface area contributed by atoms with E-state index in [9.17, 15) is 4.79 Å². The lowest BCUT2D eigenvalue weighted by atomic mass is 10.1. The highest BCUT2D eigenvalue weighted by atomic mass is 32.2. The van der Waals surface area contributed by atoms with Gasteiger partial charge in [-0.25, -0.2) is 0 Å². The van der Waals surface area contributed by atoms with Crippen molar-refractivity contribution in [3.8, 4) is 0 Å². The molecule has 94 valence electrons. The molecule has 0 aliphatic rings. The summed E-state index contributed by atoms with van der Waals surface area (Å²) in [6.07, 6.45) is 2.05. The van der Waals surface area contributed by atoms with Crippen LogP contribution in [-0.4, -0.2) is 24.9 Å². The normalized spacial score (nSPS) is 11.3. The Morgan fingerprint density at radius 2 is 1.94 bits per heavy atom. The summed E-state index contributed by atoms with van der Waals surface area (Å²) in [6, 6.07) is 8.28. The van der Waals surface area contributed by atoms with Gasteiger partial charge in [-0.2, -0.15) is 0 Å². The number of methoxy groups -OCH3 is 1. The second-order valence-corrected chi connectivity index (χ2v) is 5.20. The predicted molar refractivity (Wildman–Crippen MR) is 71.2 cm³/mol. The van der Waals surface area contributed by atoms with E-state index in [4.69, 9.17) is 4.74 Å². The number of carbonyl (C=O) groups excluding carboxylic acids is 1. The molecule has 3 nitrogen and oxygen atoms in total. The maximum Gasteiger partial charge on any atom is 0.325 e. The second-order valence-electron chi connectivity index (χ2n) is 4.32. The molecule has 0 aromatic heterocycles. The number of esters is 1. The molecule has 0 heterocycles. The monoisotopic (exact) mass is 253 g/mol. The van der Waals surface area contributed by atoms with Crippen LogP contribution in [0.2, 0.25) is 0 Å². The molecule has 0 aliphatic carbocycles. The minimum atomic E-state index is -0.660. The predicted octanol–water partition coefficient (Wildman–Crippen LogP) is 2.45. The number of hydrogen-bond acceptors (Lipinski definition) is 4. The van der Waals surface area contributed by atoms with Crippen molar-refractivity contribution in [1.29, 1.82) is 0 Å². The summed E-state index contributed by atoms with van der Waals surface area (Å²) in [6.45, 7) is 4.28. The van der Waals surface area contributed by atoms with Crippen molar-refractivity contribution >= 4 is 17.7 Å². The zero-order valence-electron chi connectivity index (χ0n) is 10.7. The van der Waals surface area contributed by atoms with Crippen molar-refractivity contribution < 1.29 is 9.53 Å². The van der Waals surface area contributed by atoms with Gasteiger partial charge in [0.25, 0.3) is 0 Å². The largest absolute Gasteiger partial charge is 0.468 e. The molecule has 1 N–H and O–H groups in total. The smallest absolute Gasteiger partial charge is 0.325 e. The molecule has 1 rings (SSSR count). The van der Waals surface area contributed by atoms with E-state index in [1.165, 1.54) is 12.0 Å². The second kappa shape index (κ2) is 6.07. The van der Waals surface area contributed by atoms with Gasteiger partial charge in [-0.15, -0.1) is 11.8 Å². The van der Waals surface area contributed by atoms with Crippen LogP contribution < -0.4 is 5.32 Å². The summed E-state index contributed by atoms with van der Waals surface area (Å²) in [5.74, 6) is -0.252. The maximum atomic E-state index is 11.5. The first-order valence-corrected chi connectivity index (χ1v) is 6.68. The molecule has 0 bridgehead atoms. The van der Waals surface area contributed by atoms with E-state index < -0.39 is 5.54 Å². The van der Waals surface area contributed by atoms with E-state index in [1.54, 1.807) is 11.8 Å². The first-order chi connectivity index (χ1) is 7.99. The van der Waals surface area contributed by atoms with E-state index in [0.29, 0.717) is 6.54 Å². The number of rotatable bonds is 5. The summed E-state index contributed by atoms with van der Waals surface area (Å²) in [7, 11) is 1.40. The number of carbonyl (C=O) groups is 1. The average molecular weight is 253 g/mol. The van der Waals surface area contributed by atoms with Crippen LogP contribution in [0.15, 0.2) is 29.2 Å². The fourth-order valence-electron chi connectivity index (χ4n) is 1.39. The summed E-state index contributed by atoms with van der Waals surface area (Å²) in [4.78, 5) is 12.7. The van der Waals surface area contributed by atoms with Crippen LogP contribution in [0.4, 0.5) is 0 Å². The van der Waals surface area contributed by atoms with E-state index in [0.717, 1.165) is 5.56 Å². The number of hydrogen-bond donors (Lipinski definition) is 1. The Labute approximate surface area is 107 Å². The van der Waals surface area contributed by atoms with Crippen molar-refractivity contribution in [1.82, 2.24) is 5.32 Å². The molecule has 4 heteroatoms. The molecule has 0 saturated carbocycles. The molecule has 0 spiro atoms. The Kier molecular flexibility index (Phi) is 5.02. The van der Waals surface area contributed by atoms with Crippen LogP contribution in [0.3, 0.4) is 0 Å². The van der Waals surface area contributed by atoms with Gasteiger partial charge in [0.1, 0.15) is 5.54 Å². The Hall–Kier alpha value is -1.00. The van der Waals surface area contributed by atoms with Crippen LogP contribution in [-0.2, 0) is 16.1 Å². The molecule has 17 heavy (non-hydrogen) atoms. The summed E-state index contributed by atoms with van der Waals surface area (Å²) < 4.78 is 4.74. The van der Waals surface area contributed by atoms with E-state index in [2.05, 4.69) is 29.6 Å².